The molecule has 0 amide bonds. The molecule has 1 heteroatoms. The Morgan fingerprint density at radius 2 is 2.15 bits per heavy atom. The van der Waals surface area contributed by atoms with Crippen molar-refractivity contribution in [3.8, 4) is 0 Å². The second-order valence-electron chi connectivity index (χ2n) is 4.05. The van der Waals surface area contributed by atoms with E-state index in [1.165, 1.54) is 32.1 Å². The van der Waals surface area contributed by atoms with Crippen molar-refractivity contribution in [3.63, 3.8) is 0 Å². The molecule has 1 nitrogen and oxygen atoms in total. The van der Waals surface area contributed by atoms with Gasteiger partial charge in [-0.25, -0.2) is 0 Å². The minimum absolute atomic E-state index is 0.915. The van der Waals surface area contributed by atoms with Crippen LogP contribution in [0.3, 0.4) is 0 Å². The summed E-state index contributed by atoms with van der Waals surface area (Å²) in [5.74, 6) is 0.915. The number of allylic oxidation sites excluding steroid dienone is 1. The van der Waals surface area contributed by atoms with Crippen molar-refractivity contribution in [3.05, 3.63) is 11.6 Å². The van der Waals surface area contributed by atoms with Gasteiger partial charge in [0.05, 0.1) is 0 Å². The van der Waals surface area contributed by atoms with Gasteiger partial charge in [-0.1, -0.05) is 31.9 Å². The molecule has 76 valence electrons. The number of hydrogen-bond acceptors (Lipinski definition) is 1. The smallest absolute Gasteiger partial charge is 0.0164 e. The average Bonchev–Trinajstić information content (AvgIpc) is 2.08. The molecule has 0 spiro atoms. The normalized spacial score (nSPS) is 18.8. The predicted molar refractivity (Wildman–Crippen MR) is 58.9 cm³/mol. The van der Waals surface area contributed by atoms with Crippen molar-refractivity contribution >= 4 is 0 Å². The lowest BCUT2D eigenvalue weighted by molar-refractivity contribution is 0.384. The summed E-state index contributed by atoms with van der Waals surface area (Å²) >= 11 is 0. The monoisotopic (exact) mass is 181 g/mol. The first-order chi connectivity index (χ1) is 6.36. The Morgan fingerprint density at radius 3 is 2.62 bits per heavy atom. The maximum Gasteiger partial charge on any atom is 0.0164 e. The Balaban J connectivity index is 2.19. The second-order valence-corrected chi connectivity index (χ2v) is 4.05. The zero-order valence-electron chi connectivity index (χ0n) is 9.10. The summed E-state index contributed by atoms with van der Waals surface area (Å²) in [5, 5.41) is 3.47. The van der Waals surface area contributed by atoms with Crippen molar-refractivity contribution in [1.82, 2.24) is 5.32 Å². The van der Waals surface area contributed by atoms with E-state index in [4.69, 9.17) is 0 Å². The van der Waals surface area contributed by atoms with Crippen LogP contribution in [-0.4, -0.2) is 13.1 Å². The summed E-state index contributed by atoms with van der Waals surface area (Å²) in [6.45, 7) is 6.75. The molecular formula is C12H23N. The molecule has 0 aromatic heterocycles. The quantitative estimate of drug-likeness (QED) is 0.490. The molecule has 1 fully saturated rings. The zero-order valence-corrected chi connectivity index (χ0v) is 9.10. The second kappa shape index (κ2) is 6.20. The molecule has 1 rings (SSSR count). The fraction of sp³-hybridized carbons (Fsp3) is 0.833. The fourth-order valence-electron chi connectivity index (χ4n) is 1.67. The van der Waals surface area contributed by atoms with Crippen molar-refractivity contribution in [2.24, 2.45) is 5.92 Å². The molecule has 0 aliphatic heterocycles. The van der Waals surface area contributed by atoms with Crippen LogP contribution in [0.2, 0.25) is 0 Å². The molecule has 0 unspecified atom stereocenters. The highest BCUT2D eigenvalue weighted by Gasteiger charge is 2.14. The van der Waals surface area contributed by atoms with Crippen LogP contribution in [0.1, 0.15) is 46.0 Å². The van der Waals surface area contributed by atoms with E-state index in [1.54, 1.807) is 5.57 Å². The van der Waals surface area contributed by atoms with Crippen LogP contribution in [-0.2, 0) is 0 Å². The van der Waals surface area contributed by atoms with Gasteiger partial charge in [0.25, 0.3) is 0 Å². The molecule has 0 saturated heterocycles. The van der Waals surface area contributed by atoms with Crippen LogP contribution in [0.4, 0.5) is 0 Å². The third-order valence-corrected chi connectivity index (χ3v) is 2.85. The molecule has 0 heterocycles. The van der Waals surface area contributed by atoms with E-state index in [0.717, 1.165) is 19.0 Å². The Kier molecular flexibility index (Phi) is 5.14. The molecule has 0 bridgehead atoms. The predicted octanol–water partition coefficient (Wildman–Crippen LogP) is 3.12. The zero-order chi connectivity index (χ0) is 9.52. The summed E-state index contributed by atoms with van der Waals surface area (Å²) in [6, 6.07) is 0. The molecule has 1 N–H and O–H groups in total. The first-order valence-corrected chi connectivity index (χ1v) is 5.77. The van der Waals surface area contributed by atoms with Gasteiger partial charge in [0.1, 0.15) is 0 Å². The van der Waals surface area contributed by atoms with Gasteiger partial charge in [0.15, 0.2) is 0 Å². The van der Waals surface area contributed by atoms with Crippen molar-refractivity contribution in [2.75, 3.05) is 13.1 Å². The lowest BCUT2D eigenvalue weighted by Crippen LogP contribution is -2.19. The Labute approximate surface area is 82.6 Å². The molecule has 0 radical (unpaired) electrons. The SMILES string of the molecule is CCCNCC(=CC1CCC1)CC. The highest BCUT2D eigenvalue weighted by atomic mass is 14.8. The maximum atomic E-state index is 3.47. The van der Waals surface area contributed by atoms with E-state index in [0.29, 0.717) is 0 Å². The first-order valence-electron chi connectivity index (χ1n) is 5.77. The lowest BCUT2D eigenvalue weighted by Gasteiger charge is -2.23. The van der Waals surface area contributed by atoms with Gasteiger partial charge in [0.2, 0.25) is 0 Å². The van der Waals surface area contributed by atoms with Crippen LogP contribution in [0, 0.1) is 5.92 Å². The molecule has 1 saturated carbocycles. The van der Waals surface area contributed by atoms with Gasteiger partial charge in [-0.3, -0.25) is 0 Å². The topological polar surface area (TPSA) is 12.0 Å². The van der Waals surface area contributed by atoms with E-state index in [-0.39, 0.29) is 0 Å². The highest BCUT2D eigenvalue weighted by molar-refractivity contribution is 5.07. The third kappa shape index (κ3) is 3.95. The highest BCUT2D eigenvalue weighted by Crippen LogP contribution is 2.28. The van der Waals surface area contributed by atoms with Crippen LogP contribution < -0.4 is 5.32 Å². The van der Waals surface area contributed by atoms with Crippen LogP contribution >= 0.6 is 0 Å². The average molecular weight is 181 g/mol. The molecule has 0 aromatic rings. The van der Waals surface area contributed by atoms with Crippen molar-refractivity contribution < 1.29 is 0 Å². The Hall–Kier alpha value is -0.300. The fourth-order valence-corrected chi connectivity index (χ4v) is 1.67. The summed E-state index contributed by atoms with van der Waals surface area (Å²) in [6.07, 6.45) is 9.26. The molecule has 0 atom stereocenters. The lowest BCUT2D eigenvalue weighted by atomic mass is 9.84. The Morgan fingerprint density at radius 1 is 1.38 bits per heavy atom. The van der Waals surface area contributed by atoms with Crippen LogP contribution in [0.15, 0.2) is 11.6 Å². The van der Waals surface area contributed by atoms with E-state index in [2.05, 4.69) is 25.2 Å². The van der Waals surface area contributed by atoms with E-state index < -0.39 is 0 Å². The summed E-state index contributed by atoms with van der Waals surface area (Å²) in [5.41, 5.74) is 1.61. The molecular weight excluding hydrogens is 158 g/mol. The van der Waals surface area contributed by atoms with Crippen LogP contribution in [0.5, 0.6) is 0 Å². The summed E-state index contributed by atoms with van der Waals surface area (Å²) < 4.78 is 0. The molecule has 0 aromatic carbocycles. The van der Waals surface area contributed by atoms with Crippen LogP contribution in [0.25, 0.3) is 0 Å². The van der Waals surface area contributed by atoms with Gasteiger partial charge in [-0.15, -0.1) is 0 Å². The van der Waals surface area contributed by atoms with Gasteiger partial charge < -0.3 is 5.32 Å². The van der Waals surface area contributed by atoms with Crippen molar-refractivity contribution in [1.29, 1.82) is 0 Å². The minimum atomic E-state index is 0.915. The number of hydrogen-bond donors (Lipinski definition) is 1. The number of rotatable bonds is 6. The van der Waals surface area contributed by atoms with E-state index in [1.807, 2.05) is 0 Å². The number of nitrogens with one attached hydrogen (secondary N) is 1. The first kappa shape index (κ1) is 10.8. The third-order valence-electron chi connectivity index (χ3n) is 2.85. The summed E-state index contributed by atoms with van der Waals surface area (Å²) in [4.78, 5) is 0. The minimum Gasteiger partial charge on any atom is -0.313 e. The van der Waals surface area contributed by atoms with E-state index >= 15 is 0 Å². The van der Waals surface area contributed by atoms with Gasteiger partial charge in [0, 0.05) is 6.54 Å². The van der Waals surface area contributed by atoms with Gasteiger partial charge in [-0.05, 0) is 38.1 Å². The largest absolute Gasteiger partial charge is 0.313 e. The maximum absolute atomic E-state index is 3.47. The summed E-state index contributed by atoms with van der Waals surface area (Å²) in [7, 11) is 0. The molecule has 13 heavy (non-hydrogen) atoms. The molecule has 1 aliphatic rings. The van der Waals surface area contributed by atoms with Crippen molar-refractivity contribution in [2.45, 2.75) is 46.0 Å². The Bertz CT molecular complexity index is 157. The van der Waals surface area contributed by atoms with Gasteiger partial charge >= 0.3 is 0 Å². The van der Waals surface area contributed by atoms with E-state index in [9.17, 15) is 0 Å². The molecule has 1 aliphatic carbocycles. The standard InChI is InChI=1S/C12H23N/c1-3-8-13-10-11(4-2)9-12-6-5-7-12/h9,12-13H,3-8,10H2,1-2H3. The van der Waals surface area contributed by atoms with Gasteiger partial charge in [-0.2, -0.15) is 0 Å².